The van der Waals surface area contributed by atoms with E-state index in [1.54, 1.807) is 0 Å². The lowest BCUT2D eigenvalue weighted by molar-refractivity contribution is -0.0147. The molecule has 0 amide bonds. The molecule has 1 aliphatic heterocycles. The zero-order valence-electron chi connectivity index (χ0n) is 11.8. The maximum absolute atomic E-state index is 3.60. The lowest BCUT2D eigenvalue weighted by Crippen LogP contribution is -2.56. The van der Waals surface area contributed by atoms with Crippen LogP contribution in [0.1, 0.15) is 58.8 Å². The molecule has 1 saturated heterocycles. The number of likely N-dealkylation sites (tertiary alicyclic amines) is 1. The fraction of sp³-hybridized carbons (Fsp3) is 1.00. The van der Waals surface area contributed by atoms with Gasteiger partial charge in [-0.25, -0.2) is 0 Å². The van der Waals surface area contributed by atoms with Gasteiger partial charge in [0, 0.05) is 19.1 Å². The lowest BCUT2D eigenvalue weighted by atomic mass is 9.72. The number of hydrogen-bond acceptors (Lipinski definition) is 2. The van der Waals surface area contributed by atoms with E-state index in [4.69, 9.17) is 0 Å². The summed E-state index contributed by atoms with van der Waals surface area (Å²) < 4.78 is 0. The molecular formula is C15H30N2. The highest BCUT2D eigenvalue weighted by Gasteiger charge is 2.40. The largest absolute Gasteiger partial charge is 0.314 e. The lowest BCUT2D eigenvalue weighted by Gasteiger charge is -2.51. The standard InChI is InChI=1S/C15H30N2/c1-3-8-15(9-4-2)12-17(13-15)11-5-10-16-14-6-7-14/h14,16H,3-13H2,1-2H3. The third kappa shape index (κ3) is 3.96. The second-order valence-electron chi connectivity index (χ2n) is 6.29. The van der Waals surface area contributed by atoms with Crippen molar-refractivity contribution >= 4 is 0 Å². The molecule has 0 spiro atoms. The molecule has 0 aromatic heterocycles. The first-order valence-corrected chi connectivity index (χ1v) is 7.74. The minimum absolute atomic E-state index is 0.702. The molecule has 0 atom stereocenters. The fourth-order valence-electron chi connectivity index (χ4n) is 3.46. The molecule has 2 rings (SSSR count). The molecule has 1 N–H and O–H groups in total. The van der Waals surface area contributed by atoms with Crippen LogP contribution in [0.15, 0.2) is 0 Å². The van der Waals surface area contributed by atoms with Crippen molar-refractivity contribution in [2.75, 3.05) is 26.2 Å². The highest BCUT2D eigenvalue weighted by molar-refractivity contribution is 4.94. The van der Waals surface area contributed by atoms with Crippen LogP contribution in [-0.4, -0.2) is 37.1 Å². The number of nitrogens with zero attached hydrogens (tertiary/aromatic N) is 1. The SMILES string of the molecule is CCCC1(CCC)CN(CCCNC2CC2)C1. The van der Waals surface area contributed by atoms with E-state index in [0.29, 0.717) is 5.41 Å². The van der Waals surface area contributed by atoms with Crippen molar-refractivity contribution < 1.29 is 0 Å². The summed E-state index contributed by atoms with van der Waals surface area (Å²) in [7, 11) is 0. The Labute approximate surface area is 107 Å². The van der Waals surface area contributed by atoms with Crippen molar-refractivity contribution in [3.63, 3.8) is 0 Å². The normalized spacial score (nSPS) is 23.6. The first kappa shape index (κ1) is 13.4. The van der Waals surface area contributed by atoms with Crippen molar-refractivity contribution in [3.8, 4) is 0 Å². The monoisotopic (exact) mass is 238 g/mol. The van der Waals surface area contributed by atoms with E-state index in [9.17, 15) is 0 Å². The number of rotatable bonds is 9. The van der Waals surface area contributed by atoms with E-state index < -0.39 is 0 Å². The molecule has 2 fully saturated rings. The van der Waals surface area contributed by atoms with Gasteiger partial charge in [0.2, 0.25) is 0 Å². The molecular weight excluding hydrogens is 208 g/mol. The number of nitrogens with one attached hydrogen (secondary N) is 1. The van der Waals surface area contributed by atoms with Crippen LogP contribution in [-0.2, 0) is 0 Å². The molecule has 100 valence electrons. The van der Waals surface area contributed by atoms with Crippen LogP contribution in [0, 0.1) is 5.41 Å². The van der Waals surface area contributed by atoms with Gasteiger partial charge in [-0.2, -0.15) is 0 Å². The van der Waals surface area contributed by atoms with Gasteiger partial charge < -0.3 is 10.2 Å². The Hall–Kier alpha value is -0.0800. The molecule has 2 nitrogen and oxygen atoms in total. The third-order valence-corrected chi connectivity index (χ3v) is 4.34. The molecule has 1 heterocycles. The predicted octanol–water partition coefficient (Wildman–Crippen LogP) is 3.03. The van der Waals surface area contributed by atoms with Crippen LogP contribution in [0.25, 0.3) is 0 Å². The Morgan fingerprint density at radius 1 is 1.12 bits per heavy atom. The van der Waals surface area contributed by atoms with E-state index in [1.165, 1.54) is 71.1 Å². The van der Waals surface area contributed by atoms with Gasteiger partial charge in [-0.3, -0.25) is 0 Å². The van der Waals surface area contributed by atoms with Crippen LogP contribution in [0.5, 0.6) is 0 Å². The third-order valence-electron chi connectivity index (χ3n) is 4.34. The van der Waals surface area contributed by atoms with Crippen LogP contribution >= 0.6 is 0 Å². The Kier molecular flexibility index (Phi) is 4.87. The zero-order chi connectivity index (χ0) is 12.1. The smallest absolute Gasteiger partial charge is 0.00682 e. The topological polar surface area (TPSA) is 15.3 Å². The quantitative estimate of drug-likeness (QED) is 0.621. The summed E-state index contributed by atoms with van der Waals surface area (Å²) in [5.41, 5.74) is 0.702. The Bertz CT molecular complexity index is 209. The molecule has 0 radical (unpaired) electrons. The molecule has 0 aromatic rings. The van der Waals surface area contributed by atoms with Crippen LogP contribution in [0.4, 0.5) is 0 Å². The molecule has 2 aliphatic rings. The van der Waals surface area contributed by atoms with E-state index in [-0.39, 0.29) is 0 Å². The van der Waals surface area contributed by atoms with Gasteiger partial charge in [0.25, 0.3) is 0 Å². The summed E-state index contributed by atoms with van der Waals surface area (Å²) in [5, 5.41) is 3.60. The average molecular weight is 238 g/mol. The molecule has 0 bridgehead atoms. The van der Waals surface area contributed by atoms with Crippen LogP contribution in [0.2, 0.25) is 0 Å². The van der Waals surface area contributed by atoms with E-state index >= 15 is 0 Å². The average Bonchev–Trinajstić information content (AvgIpc) is 3.05. The highest BCUT2D eigenvalue weighted by Crippen LogP contribution is 2.39. The summed E-state index contributed by atoms with van der Waals surface area (Å²) in [6, 6.07) is 0.880. The molecule has 1 aliphatic carbocycles. The fourth-order valence-corrected chi connectivity index (χ4v) is 3.46. The van der Waals surface area contributed by atoms with Gasteiger partial charge in [0.05, 0.1) is 0 Å². The van der Waals surface area contributed by atoms with Crippen molar-refractivity contribution in [1.29, 1.82) is 0 Å². The Morgan fingerprint density at radius 3 is 2.29 bits per heavy atom. The predicted molar refractivity (Wildman–Crippen MR) is 74.3 cm³/mol. The van der Waals surface area contributed by atoms with E-state index in [0.717, 1.165) is 6.04 Å². The zero-order valence-corrected chi connectivity index (χ0v) is 11.8. The molecule has 17 heavy (non-hydrogen) atoms. The summed E-state index contributed by atoms with van der Waals surface area (Å²) in [4.78, 5) is 2.67. The van der Waals surface area contributed by atoms with Crippen molar-refractivity contribution in [1.82, 2.24) is 10.2 Å². The molecule has 1 saturated carbocycles. The van der Waals surface area contributed by atoms with Gasteiger partial charge in [-0.05, 0) is 50.6 Å². The summed E-state index contributed by atoms with van der Waals surface area (Å²) in [6.07, 6.45) is 9.77. The van der Waals surface area contributed by atoms with Crippen LogP contribution in [0.3, 0.4) is 0 Å². The van der Waals surface area contributed by atoms with Gasteiger partial charge in [0.1, 0.15) is 0 Å². The second kappa shape index (κ2) is 6.19. The minimum Gasteiger partial charge on any atom is -0.314 e. The summed E-state index contributed by atoms with van der Waals surface area (Å²) in [5.74, 6) is 0. The number of hydrogen-bond donors (Lipinski definition) is 1. The first-order chi connectivity index (χ1) is 8.28. The second-order valence-corrected chi connectivity index (χ2v) is 6.29. The molecule has 2 heteroatoms. The van der Waals surface area contributed by atoms with Crippen LogP contribution < -0.4 is 5.32 Å². The van der Waals surface area contributed by atoms with Gasteiger partial charge in [-0.15, -0.1) is 0 Å². The first-order valence-electron chi connectivity index (χ1n) is 7.74. The van der Waals surface area contributed by atoms with Gasteiger partial charge in [-0.1, -0.05) is 26.7 Å². The Balaban J connectivity index is 1.55. The maximum Gasteiger partial charge on any atom is 0.00682 e. The summed E-state index contributed by atoms with van der Waals surface area (Å²) in [6.45, 7) is 9.96. The maximum atomic E-state index is 3.60. The van der Waals surface area contributed by atoms with Crippen molar-refractivity contribution in [2.45, 2.75) is 64.8 Å². The van der Waals surface area contributed by atoms with Gasteiger partial charge in [0.15, 0.2) is 0 Å². The molecule has 0 aromatic carbocycles. The summed E-state index contributed by atoms with van der Waals surface area (Å²) >= 11 is 0. The Morgan fingerprint density at radius 2 is 1.76 bits per heavy atom. The van der Waals surface area contributed by atoms with Gasteiger partial charge >= 0.3 is 0 Å². The van der Waals surface area contributed by atoms with Crippen molar-refractivity contribution in [3.05, 3.63) is 0 Å². The highest BCUT2D eigenvalue weighted by atomic mass is 15.2. The molecule has 0 unspecified atom stereocenters. The van der Waals surface area contributed by atoms with E-state index in [1.807, 2.05) is 0 Å². The van der Waals surface area contributed by atoms with E-state index in [2.05, 4.69) is 24.1 Å². The van der Waals surface area contributed by atoms with Crippen molar-refractivity contribution in [2.24, 2.45) is 5.41 Å². The minimum atomic E-state index is 0.702.